The fraction of sp³-hybridized carbons (Fsp3) is 0.143. The van der Waals surface area contributed by atoms with Crippen LogP contribution in [0.25, 0.3) is 21.8 Å². The zero-order valence-electron chi connectivity index (χ0n) is 14.8. The van der Waals surface area contributed by atoms with Crippen LogP contribution in [0.2, 0.25) is 0 Å². The summed E-state index contributed by atoms with van der Waals surface area (Å²) < 4.78 is 1.30. The average Bonchev–Trinajstić information content (AvgIpc) is 2.70. The molecule has 4 rings (SSSR count). The maximum absolute atomic E-state index is 12.5. The molecule has 0 aliphatic heterocycles. The van der Waals surface area contributed by atoms with Crippen molar-refractivity contribution in [3.63, 3.8) is 0 Å². The Bertz CT molecular complexity index is 1200. The summed E-state index contributed by atoms with van der Waals surface area (Å²) in [6.45, 7) is 1.84. The number of carbonyl (C=O) groups is 1. The number of benzene rings is 2. The van der Waals surface area contributed by atoms with Crippen molar-refractivity contribution in [3.05, 3.63) is 83.0 Å². The van der Waals surface area contributed by atoms with E-state index in [1.807, 2.05) is 37.3 Å². The van der Waals surface area contributed by atoms with Crippen LogP contribution in [0.1, 0.15) is 18.5 Å². The van der Waals surface area contributed by atoms with E-state index in [1.54, 1.807) is 18.3 Å². The van der Waals surface area contributed by atoms with Gasteiger partial charge in [0.2, 0.25) is 5.91 Å². The highest BCUT2D eigenvalue weighted by Crippen LogP contribution is 2.20. The number of fused-ring (bicyclic) bond motifs is 2. The number of hydrogen-bond acceptors (Lipinski definition) is 4. The highest BCUT2D eigenvalue weighted by molar-refractivity contribution is 5.83. The number of carbonyl (C=O) groups excluding carboxylic acids is 1. The molecule has 0 radical (unpaired) electrons. The summed E-state index contributed by atoms with van der Waals surface area (Å²) in [5.41, 5.74) is 1.11. The van der Waals surface area contributed by atoms with Crippen LogP contribution in [-0.2, 0) is 11.3 Å². The zero-order chi connectivity index (χ0) is 18.8. The molecular weight excluding hydrogens is 340 g/mol. The van der Waals surface area contributed by atoms with Crippen LogP contribution in [0.15, 0.2) is 71.9 Å². The monoisotopic (exact) mass is 358 g/mol. The van der Waals surface area contributed by atoms with Gasteiger partial charge in [0.25, 0.3) is 5.56 Å². The molecule has 6 nitrogen and oxygen atoms in total. The molecule has 2 aromatic carbocycles. The summed E-state index contributed by atoms with van der Waals surface area (Å²) in [5, 5.41) is 5.62. The van der Waals surface area contributed by atoms with E-state index >= 15 is 0 Å². The van der Waals surface area contributed by atoms with Crippen LogP contribution in [0.5, 0.6) is 0 Å². The molecule has 1 N–H and O–H groups in total. The molecule has 0 aliphatic rings. The molecule has 1 atom stereocenters. The first kappa shape index (κ1) is 16.9. The number of nitrogens with zero attached hydrogens (tertiary/aromatic N) is 3. The van der Waals surface area contributed by atoms with Crippen LogP contribution in [0.3, 0.4) is 0 Å². The number of pyridine rings is 1. The fourth-order valence-electron chi connectivity index (χ4n) is 3.11. The van der Waals surface area contributed by atoms with E-state index in [9.17, 15) is 9.59 Å². The lowest BCUT2D eigenvalue weighted by Crippen LogP contribution is -2.34. The molecule has 134 valence electrons. The molecule has 6 heteroatoms. The van der Waals surface area contributed by atoms with E-state index in [1.165, 1.54) is 10.9 Å². The van der Waals surface area contributed by atoms with Crippen molar-refractivity contribution in [3.8, 4) is 0 Å². The molecular formula is C21H18N4O2. The maximum Gasteiger partial charge on any atom is 0.263 e. The molecule has 0 saturated carbocycles. The molecule has 1 amide bonds. The second kappa shape index (κ2) is 6.99. The molecule has 0 bridgehead atoms. The standard InChI is InChI=1S/C21H18N4O2/c1-14(16-9-8-15-5-2-3-6-17(15)11-16)24-19(26)12-25-13-23-20-18(21(25)27)7-4-10-22-20/h2-11,13-14H,12H2,1H3,(H,24,26)/t14-/m1/s1. The summed E-state index contributed by atoms with van der Waals surface area (Å²) >= 11 is 0. The van der Waals surface area contributed by atoms with Crippen molar-refractivity contribution in [2.75, 3.05) is 0 Å². The summed E-state index contributed by atoms with van der Waals surface area (Å²) in [7, 11) is 0. The van der Waals surface area contributed by atoms with Crippen molar-refractivity contribution in [1.29, 1.82) is 0 Å². The van der Waals surface area contributed by atoms with Gasteiger partial charge in [0.05, 0.1) is 11.4 Å². The predicted octanol–water partition coefficient (Wildman–Crippen LogP) is 2.82. The van der Waals surface area contributed by atoms with Gasteiger partial charge in [-0.25, -0.2) is 9.97 Å². The Kier molecular flexibility index (Phi) is 4.38. The van der Waals surface area contributed by atoms with Gasteiger partial charge in [0.15, 0.2) is 5.65 Å². The number of rotatable bonds is 4. The number of nitrogens with one attached hydrogen (secondary N) is 1. The largest absolute Gasteiger partial charge is 0.348 e. The van der Waals surface area contributed by atoms with Crippen LogP contribution < -0.4 is 10.9 Å². The normalized spacial score (nSPS) is 12.2. The van der Waals surface area contributed by atoms with E-state index < -0.39 is 0 Å². The predicted molar refractivity (Wildman–Crippen MR) is 104 cm³/mol. The first-order valence-electron chi connectivity index (χ1n) is 8.70. The third kappa shape index (κ3) is 3.42. The Labute approximate surface area is 155 Å². The minimum atomic E-state index is -0.276. The Morgan fingerprint density at radius 2 is 1.89 bits per heavy atom. The van der Waals surface area contributed by atoms with E-state index in [2.05, 4.69) is 27.4 Å². The molecule has 0 spiro atoms. The Hall–Kier alpha value is -3.54. The van der Waals surface area contributed by atoms with E-state index in [4.69, 9.17) is 0 Å². The molecule has 2 aromatic heterocycles. The van der Waals surface area contributed by atoms with Crippen molar-refractivity contribution in [2.45, 2.75) is 19.5 Å². The highest BCUT2D eigenvalue weighted by Gasteiger charge is 2.12. The van der Waals surface area contributed by atoms with Crippen LogP contribution in [0.4, 0.5) is 0 Å². The van der Waals surface area contributed by atoms with Gasteiger partial charge in [0, 0.05) is 6.20 Å². The summed E-state index contributed by atoms with van der Waals surface area (Å²) in [6.07, 6.45) is 2.94. The molecule has 0 saturated heterocycles. The first-order chi connectivity index (χ1) is 13.1. The second-order valence-electron chi connectivity index (χ2n) is 6.45. The van der Waals surface area contributed by atoms with Crippen molar-refractivity contribution >= 4 is 27.7 Å². The molecule has 0 fully saturated rings. The van der Waals surface area contributed by atoms with Gasteiger partial charge in [-0.05, 0) is 41.5 Å². The lowest BCUT2D eigenvalue weighted by atomic mass is 10.0. The quantitative estimate of drug-likeness (QED) is 0.609. The molecule has 4 aromatic rings. The molecule has 0 unspecified atom stereocenters. The minimum Gasteiger partial charge on any atom is -0.348 e. The Balaban J connectivity index is 1.51. The van der Waals surface area contributed by atoms with E-state index in [0.29, 0.717) is 11.0 Å². The van der Waals surface area contributed by atoms with Gasteiger partial charge in [-0.2, -0.15) is 0 Å². The van der Waals surface area contributed by atoms with Gasteiger partial charge < -0.3 is 5.32 Å². The summed E-state index contributed by atoms with van der Waals surface area (Å²) in [5.74, 6) is -0.247. The molecule has 2 heterocycles. The van der Waals surface area contributed by atoms with Crippen molar-refractivity contribution < 1.29 is 4.79 Å². The summed E-state index contributed by atoms with van der Waals surface area (Å²) in [4.78, 5) is 33.1. The van der Waals surface area contributed by atoms with Gasteiger partial charge in [-0.3, -0.25) is 14.2 Å². The van der Waals surface area contributed by atoms with E-state index in [0.717, 1.165) is 16.3 Å². The van der Waals surface area contributed by atoms with Gasteiger partial charge in [-0.1, -0.05) is 36.4 Å². The molecule has 27 heavy (non-hydrogen) atoms. The van der Waals surface area contributed by atoms with Crippen molar-refractivity contribution in [1.82, 2.24) is 19.9 Å². The van der Waals surface area contributed by atoms with Crippen LogP contribution in [-0.4, -0.2) is 20.4 Å². The maximum atomic E-state index is 12.5. The van der Waals surface area contributed by atoms with Gasteiger partial charge in [0.1, 0.15) is 12.9 Å². The van der Waals surface area contributed by atoms with Crippen molar-refractivity contribution in [2.24, 2.45) is 0 Å². The Morgan fingerprint density at radius 3 is 2.74 bits per heavy atom. The zero-order valence-corrected chi connectivity index (χ0v) is 14.8. The smallest absolute Gasteiger partial charge is 0.263 e. The first-order valence-corrected chi connectivity index (χ1v) is 8.70. The summed E-state index contributed by atoms with van der Waals surface area (Å²) in [6, 6.07) is 17.4. The Morgan fingerprint density at radius 1 is 1.07 bits per heavy atom. The van der Waals surface area contributed by atoms with Crippen LogP contribution >= 0.6 is 0 Å². The third-order valence-electron chi connectivity index (χ3n) is 4.56. The van der Waals surface area contributed by atoms with Crippen LogP contribution in [0, 0.1) is 0 Å². The number of amides is 1. The molecule has 0 aliphatic carbocycles. The second-order valence-corrected chi connectivity index (χ2v) is 6.45. The SMILES string of the molecule is C[C@@H](NC(=O)Cn1cnc2ncccc2c1=O)c1ccc2ccccc2c1. The average molecular weight is 358 g/mol. The number of hydrogen-bond donors (Lipinski definition) is 1. The highest BCUT2D eigenvalue weighted by atomic mass is 16.2. The minimum absolute atomic E-state index is 0.0887. The van der Waals surface area contributed by atoms with Gasteiger partial charge in [-0.15, -0.1) is 0 Å². The lowest BCUT2D eigenvalue weighted by molar-refractivity contribution is -0.122. The lowest BCUT2D eigenvalue weighted by Gasteiger charge is -2.15. The number of aromatic nitrogens is 3. The van der Waals surface area contributed by atoms with Gasteiger partial charge >= 0.3 is 0 Å². The fourth-order valence-corrected chi connectivity index (χ4v) is 3.11. The third-order valence-corrected chi connectivity index (χ3v) is 4.56. The topological polar surface area (TPSA) is 76.9 Å². The van der Waals surface area contributed by atoms with E-state index in [-0.39, 0.29) is 24.1 Å².